The van der Waals surface area contributed by atoms with Crippen LogP contribution in [0.25, 0.3) is 0 Å². The van der Waals surface area contributed by atoms with Crippen molar-refractivity contribution in [2.24, 2.45) is 0 Å². The lowest BCUT2D eigenvalue weighted by atomic mass is 9.94. The number of halogens is 1. The van der Waals surface area contributed by atoms with Crippen molar-refractivity contribution < 1.29 is 0 Å². The summed E-state index contributed by atoms with van der Waals surface area (Å²) in [5.41, 5.74) is 3.47. The smallest absolute Gasteiger partial charge is 0.0129 e. The molecule has 1 heteroatoms. The van der Waals surface area contributed by atoms with E-state index in [1.807, 2.05) is 0 Å². The first-order valence-electron chi connectivity index (χ1n) is 4.41. The molecule has 1 saturated carbocycles. The fraction of sp³-hybridized carbons (Fsp3) is 0.455. The molecule has 1 aromatic rings. The van der Waals surface area contributed by atoms with Gasteiger partial charge in [0, 0.05) is 10.7 Å². The zero-order chi connectivity index (χ0) is 8.60. The summed E-state index contributed by atoms with van der Waals surface area (Å²) in [5, 5.41) is 1.12. The lowest BCUT2D eigenvalue weighted by Gasteiger charge is -2.14. The zero-order valence-electron chi connectivity index (χ0n) is 7.31. The number of aryl methyl sites for hydroxylation is 1. The Hall–Kier alpha value is -0.300. The van der Waals surface area contributed by atoms with E-state index in [1.54, 1.807) is 5.56 Å². The average molecular weight is 225 g/mol. The molecule has 1 aliphatic rings. The minimum absolute atomic E-state index is 0.491. The van der Waals surface area contributed by atoms with Crippen molar-refractivity contribution in [2.45, 2.75) is 25.2 Å². The Morgan fingerprint density at radius 2 is 2.00 bits per heavy atom. The summed E-state index contributed by atoms with van der Waals surface area (Å²) >= 11 is 3.60. The largest absolute Gasteiger partial charge is 0.0918 e. The van der Waals surface area contributed by atoms with Gasteiger partial charge in [0.1, 0.15) is 0 Å². The third kappa shape index (κ3) is 1.20. The van der Waals surface area contributed by atoms with Crippen molar-refractivity contribution in [1.82, 2.24) is 0 Å². The maximum Gasteiger partial charge on any atom is 0.0129 e. The summed E-state index contributed by atoms with van der Waals surface area (Å²) in [7, 11) is 0. The van der Waals surface area contributed by atoms with Gasteiger partial charge in [-0.3, -0.25) is 0 Å². The molecule has 64 valence electrons. The van der Waals surface area contributed by atoms with Gasteiger partial charge in [-0.05, 0) is 30.9 Å². The van der Waals surface area contributed by atoms with Crippen LogP contribution in [0.2, 0.25) is 0 Å². The molecule has 0 aliphatic heterocycles. The molecule has 2 rings (SSSR count). The summed E-state index contributed by atoms with van der Waals surface area (Å²) in [6.45, 7) is 2.21. The Kier molecular flexibility index (Phi) is 1.99. The Morgan fingerprint density at radius 3 is 2.50 bits per heavy atom. The molecular weight excluding hydrogens is 212 g/mol. The van der Waals surface area contributed by atoms with E-state index in [0.717, 1.165) is 5.33 Å². The lowest BCUT2D eigenvalue weighted by molar-refractivity contribution is 0.800. The van der Waals surface area contributed by atoms with E-state index in [0.29, 0.717) is 5.41 Å². The maximum absolute atomic E-state index is 3.60. The normalized spacial score (nSPS) is 19.2. The predicted molar refractivity (Wildman–Crippen MR) is 55.9 cm³/mol. The minimum Gasteiger partial charge on any atom is -0.0918 e. The van der Waals surface area contributed by atoms with Gasteiger partial charge in [-0.2, -0.15) is 0 Å². The third-order valence-corrected chi connectivity index (χ3v) is 3.90. The van der Waals surface area contributed by atoms with Crippen LogP contribution in [-0.4, -0.2) is 5.33 Å². The molecule has 12 heavy (non-hydrogen) atoms. The molecule has 0 N–H and O–H groups in total. The van der Waals surface area contributed by atoms with Crippen molar-refractivity contribution in [1.29, 1.82) is 0 Å². The summed E-state index contributed by atoms with van der Waals surface area (Å²) in [6, 6.07) is 8.73. The second kappa shape index (κ2) is 2.88. The molecule has 0 bridgehead atoms. The summed E-state index contributed by atoms with van der Waals surface area (Å²) < 4.78 is 0. The summed E-state index contributed by atoms with van der Waals surface area (Å²) in [4.78, 5) is 0. The van der Waals surface area contributed by atoms with E-state index in [-0.39, 0.29) is 0 Å². The molecule has 0 heterocycles. The van der Waals surface area contributed by atoms with Crippen LogP contribution < -0.4 is 0 Å². The van der Waals surface area contributed by atoms with Crippen LogP contribution in [0, 0.1) is 6.92 Å². The van der Waals surface area contributed by atoms with E-state index >= 15 is 0 Å². The zero-order valence-corrected chi connectivity index (χ0v) is 8.89. The number of alkyl halides is 1. The third-order valence-electron chi connectivity index (χ3n) is 2.83. The van der Waals surface area contributed by atoms with Gasteiger partial charge >= 0.3 is 0 Å². The van der Waals surface area contributed by atoms with E-state index in [9.17, 15) is 0 Å². The molecule has 0 saturated heterocycles. The molecule has 0 amide bonds. The predicted octanol–water partition coefficient (Wildman–Crippen LogP) is 3.42. The fourth-order valence-electron chi connectivity index (χ4n) is 1.79. The number of hydrogen-bond donors (Lipinski definition) is 0. The highest BCUT2D eigenvalue weighted by Gasteiger charge is 2.43. The minimum atomic E-state index is 0.491. The highest BCUT2D eigenvalue weighted by atomic mass is 79.9. The first kappa shape index (κ1) is 8.31. The second-order valence-corrected chi connectivity index (χ2v) is 4.29. The van der Waals surface area contributed by atoms with E-state index in [1.165, 1.54) is 18.4 Å². The Morgan fingerprint density at radius 1 is 1.33 bits per heavy atom. The molecule has 0 aromatic heterocycles. The van der Waals surface area contributed by atoms with Gasteiger partial charge in [0.15, 0.2) is 0 Å². The Bertz CT molecular complexity index is 287. The monoisotopic (exact) mass is 224 g/mol. The first-order valence-corrected chi connectivity index (χ1v) is 5.53. The van der Waals surface area contributed by atoms with Crippen LogP contribution in [0.3, 0.4) is 0 Å². The maximum atomic E-state index is 3.60. The van der Waals surface area contributed by atoms with Crippen LogP contribution in [0.4, 0.5) is 0 Å². The molecule has 0 atom stereocenters. The van der Waals surface area contributed by atoms with E-state index in [2.05, 4.69) is 47.1 Å². The molecule has 1 aliphatic carbocycles. The van der Waals surface area contributed by atoms with Gasteiger partial charge in [0.05, 0.1) is 0 Å². The first-order chi connectivity index (χ1) is 5.78. The van der Waals surface area contributed by atoms with Gasteiger partial charge in [-0.1, -0.05) is 40.2 Å². The highest BCUT2D eigenvalue weighted by molar-refractivity contribution is 9.09. The van der Waals surface area contributed by atoms with Crippen molar-refractivity contribution in [2.75, 3.05) is 5.33 Å². The quantitative estimate of drug-likeness (QED) is 0.676. The molecule has 1 fully saturated rings. The topological polar surface area (TPSA) is 0 Å². The van der Waals surface area contributed by atoms with Gasteiger partial charge in [-0.15, -0.1) is 0 Å². The SMILES string of the molecule is Cc1ccccc1C1(CBr)CC1. The lowest BCUT2D eigenvalue weighted by Crippen LogP contribution is -2.09. The molecule has 0 spiro atoms. The van der Waals surface area contributed by atoms with Gasteiger partial charge in [0.25, 0.3) is 0 Å². The number of benzene rings is 1. The second-order valence-electron chi connectivity index (χ2n) is 3.73. The number of rotatable bonds is 2. The van der Waals surface area contributed by atoms with Gasteiger partial charge in [-0.25, -0.2) is 0 Å². The van der Waals surface area contributed by atoms with Crippen molar-refractivity contribution in [3.63, 3.8) is 0 Å². The number of hydrogen-bond acceptors (Lipinski definition) is 0. The Balaban J connectivity index is 2.40. The highest BCUT2D eigenvalue weighted by Crippen LogP contribution is 2.50. The van der Waals surface area contributed by atoms with Crippen LogP contribution >= 0.6 is 15.9 Å². The summed E-state index contributed by atoms with van der Waals surface area (Å²) in [6.07, 6.45) is 2.70. The van der Waals surface area contributed by atoms with E-state index in [4.69, 9.17) is 0 Å². The van der Waals surface area contributed by atoms with Crippen LogP contribution in [-0.2, 0) is 5.41 Å². The molecule has 0 nitrogen and oxygen atoms in total. The molecule has 1 aromatic carbocycles. The molecule has 0 radical (unpaired) electrons. The standard InChI is InChI=1S/C11H13Br/c1-9-4-2-3-5-10(9)11(8-12)6-7-11/h2-5H,6-8H2,1H3. The van der Waals surface area contributed by atoms with E-state index < -0.39 is 0 Å². The fourth-order valence-corrected chi connectivity index (χ4v) is 2.66. The Labute approximate surface area is 82.1 Å². The van der Waals surface area contributed by atoms with Crippen LogP contribution in [0.1, 0.15) is 24.0 Å². The van der Waals surface area contributed by atoms with Gasteiger partial charge < -0.3 is 0 Å². The van der Waals surface area contributed by atoms with Crippen molar-refractivity contribution >= 4 is 15.9 Å². The van der Waals surface area contributed by atoms with Crippen molar-refractivity contribution in [3.8, 4) is 0 Å². The van der Waals surface area contributed by atoms with Crippen molar-refractivity contribution in [3.05, 3.63) is 35.4 Å². The van der Waals surface area contributed by atoms with Crippen LogP contribution in [0.5, 0.6) is 0 Å². The summed E-state index contributed by atoms with van der Waals surface area (Å²) in [5.74, 6) is 0. The molecular formula is C11H13Br. The molecule has 0 unspecified atom stereocenters. The average Bonchev–Trinajstić information content (AvgIpc) is 2.86. The van der Waals surface area contributed by atoms with Gasteiger partial charge in [0.2, 0.25) is 0 Å². The van der Waals surface area contributed by atoms with Crippen LogP contribution in [0.15, 0.2) is 24.3 Å².